The lowest BCUT2D eigenvalue weighted by Crippen LogP contribution is -2.46. The lowest BCUT2D eigenvalue weighted by atomic mass is 10.0. The first-order valence-corrected chi connectivity index (χ1v) is 27.8. The molecule has 2 N–H and O–H groups in total. The highest BCUT2D eigenvalue weighted by Gasteiger charge is 2.24. The van der Waals surface area contributed by atoms with Crippen molar-refractivity contribution in [2.75, 3.05) is 40.9 Å². The van der Waals surface area contributed by atoms with E-state index >= 15 is 0 Å². The van der Waals surface area contributed by atoms with Gasteiger partial charge in [-0.25, -0.2) is 0 Å². The Bertz CT molecular complexity index is 1500. The lowest BCUT2D eigenvalue weighted by molar-refractivity contribution is -0.870. The van der Waals surface area contributed by atoms with Crippen molar-refractivity contribution in [3.05, 3.63) is 122 Å². The second kappa shape index (κ2) is 47.9. The maximum Gasteiger partial charge on any atom is 0.268 e. The second-order valence-electron chi connectivity index (χ2n) is 18.5. The Balaban J connectivity index is 3.87. The third kappa shape index (κ3) is 50.6. The molecule has 0 bridgehead atoms. The van der Waals surface area contributed by atoms with Gasteiger partial charge in [-0.05, 0) is 89.9 Å². The average Bonchev–Trinajstić information content (AvgIpc) is 3.29. The summed E-state index contributed by atoms with van der Waals surface area (Å²) >= 11 is 0. The molecule has 382 valence electrons. The van der Waals surface area contributed by atoms with E-state index in [4.69, 9.17) is 9.05 Å². The minimum Gasteiger partial charge on any atom is -0.756 e. The van der Waals surface area contributed by atoms with Crippen LogP contribution in [0.2, 0.25) is 0 Å². The van der Waals surface area contributed by atoms with Gasteiger partial charge >= 0.3 is 0 Å². The molecule has 67 heavy (non-hydrogen) atoms. The molecule has 9 heteroatoms. The van der Waals surface area contributed by atoms with E-state index in [1.807, 2.05) is 21.1 Å². The van der Waals surface area contributed by atoms with Gasteiger partial charge in [-0.15, -0.1) is 0 Å². The van der Waals surface area contributed by atoms with Crippen molar-refractivity contribution in [1.29, 1.82) is 0 Å². The summed E-state index contributed by atoms with van der Waals surface area (Å²) in [5.74, 6) is -0.185. The number of amides is 1. The summed E-state index contributed by atoms with van der Waals surface area (Å²) < 4.78 is 23.0. The number of allylic oxidation sites excluding steroid dienone is 20. The van der Waals surface area contributed by atoms with E-state index in [0.29, 0.717) is 23.9 Å². The number of unbranched alkanes of at least 4 members (excludes halogenated alkanes) is 13. The van der Waals surface area contributed by atoms with E-state index in [-0.39, 0.29) is 19.1 Å². The fourth-order valence-corrected chi connectivity index (χ4v) is 7.55. The van der Waals surface area contributed by atoms with Crippen LogP contribution < -0.4 is 10.2 Å². The number of nitrogens with zero attached hydrogens (tertiary/aromatic N) is 1. The van der Waals surface area contributed by atoms with Gasteiger partial charge in [0.25, 0.3) is 7.82 Å². The van der Waals surface area contributed by atoms with Crippen LogP contribution in [-0.2, 0) is 18.4 Å². The molecule has 0 aromatic rings. The van der Waals surface area contributed by atoms with Crippen molar-refractivity contribution in [1.82, 2.24) is 5.32 Å². The molecule has 0 fully saturated rings. The number of hydrogen-bond acceptors (Lipinski definition) is 6. The number of phosphoric acid groups is 1. The van der Waals surface area contributed by atoms with Gasteiger partial charge < -0.3 is 28.8 Å². The predicted octanol–water partition coefficient (Wildman–Crippen LogP) is 15.2. The van der Waals surface area contributed by atoms with Gasteiger partial charge in [0, 0.05) is 6.42 Å². The zero-order chi connectivity index (χ0) is 49.2. The number of quaternary nitrogens is 1. The van der Waals surface area contributed by atoms with E-state index in [2.05, 4.69) is 141 Å². The molecule has 0 aromatic heterocycles. The van der Waals surface area contributed by atoms with Gasteiger partial charge in [0.15, 0.2) is 0 Å². The quantitative estimate of drug-likeness (QED) is 0.0272. The Labute approximate surface area is 412 Å². The maximum atomic E-state index is 12.8. The number of hydrogen-bond donors (Lipinski definition) is 2. The fraction of sp³-hybridized carbons (Fsp3) is 0.638. The molecule has 0 heterocycles. The summed E-state index contributed by atoms with van der Waals surface area (Å²) in [6.07, 6.45) is 71.6. The fourth-order valence-electron chi connectivity index (χ4n) is 6.83. The van der Waals surface area contributed by atoms with E-state index < -0.39 is 20.0 Å². The monoisotopic (exact) mass is 951 g/mol. The number of aliphatic hydroxyl groups excluding tert-OH is 1. The first kappa shape index (κ1) is 63.9. The molecule has 0 radical (unpaired) electrons. The summed E-state index contributed by atoms with van der Waals surface area (Å²) in [6.45, 7) is 4.45. The number of rotatable bonds is 46. The summed E-state index contributed by atoms with van der Waals surface area (Å²) in [7, 11) is 1.28. The van der Waals surface area contributed by atoms with Crippen molar-refractivity contribution < 1.29 is 32.9 Å². The van der Waals surface area contributed by atoms with Crippen LogP contribution in [0.1, 0.15) is 187 Å². The molecule has 0 saturated heterocycles. The SMILES string of the molecule is CC/C=C\C/C=C\C/C=C\C/C=C\C/C=C\C/C=C\C/C=C\C/C=C\C/C=C\C/C=C\CCCCCCCCCCCCC(=O)NC(COP(=O)([O-])OCC[N+](C)(C)C)C(O)CCCCCC. The molecule has 0 rings (SSSR count). The molecule has 0 aliphatic heterocycles. The molecule has 0 aliphatic rings. The molecular weight excluding hydrogens is 852 g/mol. The number of carbonyl (C=O) groups is 1. The zero-order valence-corrected chi connectivity index (χ0v) is 44.2. The smallest absolute Gasteiger partial charge is 0.268 e. The van der Waals surface area contributed by atoms with Crippen molar-refractivity contribution in [2.24, 2.45) is 0 Å². The van der Waals surface area contributed by atoms with Crippen LogP contribution in [0.15, 0.2) is 122 Å². The van der Waals surface area contributed by atoms with Gasteiger partial charge in [-0.1, -0.05) is 212 Å². The van der Waals surface area contributed by atoms with Crippen LogP contribution in [0, 0.1) is 0 Å². The van der Waals surface area contributed by atoms with Gasteiger partial charge in [0.2, 0.25) is 5.91 Å². The zero-order valence-electron chi connectivity index (χ0n) is 43.3. The summed E-state index contributed by atoms with van der Waals surface area (Å²) in [6, 6.07) is -0.806. The highest BCUT2D eigenvalue weighted by molar-refractivity contribution is 7.45. The average molecular weight is 951 g/mol. The molecule has 3 atom stereocenters. The largest absolute Gasteiger partial charge is 0.756 e. The van der Waals surface area contributed by atoms with Crippen molar-refractivity contribution >= 4 is 13.7 Å². The molecular formula is C58H99N2O6P. The highest BCUT2D eigenvalue weighted by atomic mass is 31.2. The highest BCUT2D eigenvalue weighted by Crippen LogP contribution is 2.38. The summed E-state index contributed by atoms with van der Waals surface area (Å²) in [4.78, 5) is 25.1. The van der Waals surface area contributed by atoms with Gasteiger partial charge in [0.1, 0.15) is 13.2 Å². The van der Waals surface area contributed by atoms with Crippen LogP contribution in [0.4, 0.5) is 0 Å². The number of phosphoric ester groups is 1. The Morgan fingerprint density at radius 2 is 0.910 bits per heavy atom. The topological polar surface area (TPSA) is 108 Å². The number of aliphatic hydroxyl groups is 1. The van der Waals surface area contributed by atoms with E-state index in [1.165, 1.54) is 44.9 Å². The minimum atomic E-state index is -4.55. The molecule has 8 nitrogen and oxygen atoms in total. The molecule has 1 amide bonds. The van der Waals surface area contributed by atoms with Crippen LogP contribution in [0.5, 0.6) is 0 Å². The lowest BCUT2D eigenvalue weighted by Gasteiger charge is -2.30. The minimum absolute atomic E-state index is 0.00458. The number of carbonyl (C=O) groups excluding carboxylic acids is 1. The van der Waals surface area contributed by atoms with Gasteiger partial charge in [0.05, 0.1) is 39.9 Å². The van der Waals surface area contributed by atoms with Gasteiger partial charge in [-0.2, -0.15) is 0 Å². The maximum absolute atomic E-state index is 12.8. The summed E-state index contributed by atoms with van der Waals surface area (Å²) in [5, 5.41) is 13.6. The predicted molar refractivity (Wildman–Crippen MR) is 288 cm³/mol. The second-order valence-corrected chi connectivity index (χ2v) is 19.9. The van der Waals surface area contributed by atoms with Crippen LogP contribution in [-0.4, -0.2) is 68.5 Å². The molecule has 3 unspecified atom stereocenters. The first-order chi connectivity index (χ1) is 32.5. The first-order valence-electron chi connectivity index (χ1n) is 26.4. The third-order valence-corrected chi connectivity index (χ3v) is 11.9. The number of likely N-dealkylation sites (N-methyl/N-ethyl adjacent to an activating group) is 1. The van der Waals surface area contributed by atoms with Crippen LogP contribution in [0.25, 0.3) is 0 Å². The molecule has 0 spiro atoms. The van der Waals surface area contributed by atoms with Crippen molar-refractivity contribution in [3.8, 4) is 0 Å². The van der Waals surface area contributed by atoms with Crippen LogP contribution in [0.3, 0.4) is 0 Å². The number of nitrogens with one attached hydrogen (secondary N) is 1. The Kier molecular flexibility index (Phi) is 45.7. The van der Waals surface area contributed by atoms with Crippen molar-refractivity contribution in [3.63, 3.8) is 0 Å². The Morgan fingerprint density at radius 3 is 1.31 bits per heavy atom. The summed E-state index contributed by atoms with van der Waals surface area (Å²) in [5.41, 5.74) is 0. The molecule has 0 aliphatic carbocycles. The Hall–Kier alpha value is -3.10. The van der Waals surface area contributed by atoms with Crippen molar-refractivity contribution in [2.45, 2.75) is 199 Å². The standard InChI is InChI=1S/C58H99N2O6P/c1-6-8-10-12-13-14-15-16-17-18-19-20-21-22-23-24-25-26-27-28-29-30-31-32-33-34-35-36-37-38-39-40-41-42-43-44-45-46-47-48-50-52-58(62)59-56(57(61)51-49-11-9-7-2)55-66-67(63,64)65-54-53-60(3,4)5/h8,10,13-14,16-17,19-20,22-23,25-26,28-29,31-32,34-35,37-38,56-57,61H,6-7,9,11-12,15,18,21,24,27,30,33,36,39-55H2,1-5H3,(H-,59,62,63,64)/b10-8-,14-13-,17-16-,20-19-,23-22-,26-25-,29-28-,32-31-,35-34-,38-37-. The Morgan fingerprint density at radius 1 is 0.537 bits per heavy atom. The van der Waals surface area contributed by atoms with E-state index in [1.54, 1.807) is 0 Å². The third-order valence-electron chi connectivity index (χ3n) is 11.0. The normalized spacial score (nSPS) is 15.0. The van der Waals surface area contributed by atoms with E-state index in [0.717, 1.165) is 116 Å². The van der Waals surface area contributed by atoms with Crippen LogP contribution >= 0.6 is 7.82 Å². The molecule has 0 aromatic carbocycles. The van der Waals surface area contributed by atoms with Gasteiger partial charge in [-0.3, -0.25) is 9.36 Å². The van der Waals surface area contributed by atoms with E-state index in [9.17, 15) is 19.4 Å². The molecule has 0 saturated carbocycles.